The first-order chi connectivity index (χ1) is 14.6. The molecule has 0 unspecified atom stereocenters. The lowest BCUT2D eigenvalue weighted by Gasteiger charge is -2.08. The number of aryl methyl sites for hydroxylation is 1. The number of benzene rings is 2. The summed E-state index contributed by atoms with van der Waals surface area (Å²) in [5.74, 6) is 0.327. The van der Waals surface area contributed by atoms with E-state index >= 15 is 0 Å². The summed E-state index contributed by atoms with van der Waals surface area (Å²) in [6.45, 7) is 2.06. The molecule has 0 saturated carbocycles. The summed E-state index contributed by atoms with van der Waals surface area (Å²) in [7, 11) is 0. The van der Waals surface area contributed by atoms with Crippen LogP contribution in [0.4, 0.5) is 10.1 Å². The van der Waals surface area contributed by atoms with E-state index in [9.17, 15) is 9.18 Å². The average Bonchev–Trinajstić information content (AvgIpc) is 3.15. The van der Waals surface area contributed by atoms with Gasteiger partial charge in [0.15, 0.2) is 0 Å². The molecule has 0 aliphatic heterocycles. The Kier molecular flexibility index (Phi) is 5.52. The first-order valence-corrected chi connectivity index (χ1v) is 9.26. The normalized spacial score (nSPS) is 10.6. The van der Waals surface area contributed by atoms with Gasteiger partial charge in [-0.15, -0.1) is 0 Å². The van der Waals surface area contributed by atoms with Gasteiger partial charge in [0, 0.05) is 23.5 Å². The lowest BCUT2D eigenvalue weighted by molar-refractivity contribution is 0.102. The van der Waals surface area contributed by atoms with Gasteiger partial charge in [0.1, 0.15) is 23.9 Å². The van der Waals surface area contributed by atoms with Gasteiger partial charge in [-0.1, -0.05) is 35.5 Å². The topological polar surface area (TPSA) is 77.2 Å². The molecule has 0 atom stereocenters. The summed E-state index contributed by atoms with van der Waals surface area (Å²) in [6.07, 6.45) is 1.42. The average molecular weight is 403 g/mol. The van der Waals surface area contributed by atoms with Crippen molar-refractivity contribution in [3.05, 3.63) is 95.6 Å². The molecule has 0 fully saturated rings. The molecule has 0 saturated heterocycles. The number of halogens is 1. The Hall–Kier alpha value is -4.00. The second-order valence-corrected chi connectivity index (χ2v) is 6.57. The van der Waals surface area contributed by atoms with Gasteiger partial charge in [0.05, 0.1) is 11.1 Å². The summed E-state index contributed by atoms with van der Waals surface area (Å²) < 4.78 is 24.1. The number of aromatic nitrogens is 2. The Morgan fingerprint density at radius 1 is 1.07 bits per heavy atom. The molecule has 1 amide bonds. The largest absolute Gasteiger partial charge is 0.473 e. The molecule has 0 spiro atoms. The maximum absolute atomic E-state index is 13.0. The highest BCUT2D eigenvalue weighted by Gasteiger charge is 2.15. The fourth-order valence-corrected chi connectivity index (χ4v) is 2.87. The van der Waals surface area contributed by atoms with E-state index in [0.29, 0.717) is 22.9 Å². The number of pyridine rings is 1. The molecule has 0 radical (unpaired) electrons. The lowest BCUT2D eigenvalue weighted by Crippen LogP contribution is -2.12. The van der Waals surface area contributed by atoms with Crippen LogP contribution in [0.25, 0.3) is 11.3 Å². The third-order valence-electron chi connectivity index (χ3n) is 4.50. The molecule has 0 aliphatic rings. The van der Waals surface area contributed by atoms with Gasteiger partial charge in [-0.3, -0.25) is 4.79 Å². The number of amides is 1. The van der Waals surface area contributed by atoms with Crippen molar-refractivity contribution in [3.8, 4) is 17.1 Å². The van der Waals surface area contributed by atoms with Crippen LogP contribution in [0.15, 0.2) is 77.4 Å². The number of carbonyl (C=O) groups is 1. The van der Waals surface area contributed by atoms with E-state index in [-0.39, 0.29) is 18.3 Å². The highest BCUT2D eigenvalue weighted by Crippen LogP contribution is 2.26. The van der Waals surface area contributed by atoms with Gasteiger partial charge >= 0.3 is 0 Å². The second kappa shape index (κ2) is 8.57. The van der Waals surface area contributed by atoms with Gasteiger partial charge < -0.3 is 14.6 Å². The number of nitrogens with one attached hydrogen (secondary N) is 1. The Balaban J connectivity index is 1.42. The molecule has 1 N–H and O–H groups in total. The minimum absolute atomic E-state index is 0.230. The number of hydrogen-bond donors (Lipinski definition) is 1. The fraction of sp³-hybridized carbons (Fsp3) is 0.0870. The molecule has 7 heteroatoms. The first kappa shape index (κ1) is 19.3. The van der Waals surface area contributed by atoms with Crippen molar-refractivity contribution in [3.63, 3.8) is 0 Å². The molecular weight excluding hydrogens is 385 g/mol. The minimum Gasteiger partial charge on any atom is -0.473 e. The van der Waals surface area contributed by atoms with Crippen molar-refractivity contribution in [2.75, 3.05) is 5.32 Å². The number of rotatable bonds is 6. The van der Waals surface area contributed by atoms with Crippen LogP contribution in [0.3, 0.4) is 0 Å². The van der Waals surface area contributed by atoms with Gasteiger partial charge in [0.25, 0.3) is 5.91 Å². The van der Waals surface area contributed by atoms with E-state index in [4.69, 9.17) is 9.26 Å². The molecule has 2 aromatic heterocycles. The zero-order valence-corrected chi connectivity index (χ0v) is 16.1. The van der Waals surface area contributed by atoms with E-state index in [1.165, 1.54) is 30.5 Å². The molecule has 4 aromatic rings. The van der Waals surface area contributed by atoms with E-state index in [1.807, 2.05) is 37.3 Å². The van der Waals surface area contributed by atoms with Crippen molar-refractivity contribution in [1.29, 1.82) is 0 Å². The Morgan fingerprint density at radius 3 is 2.53 bits per heavy atom. The van der Waals surface area contributed by atoms with Gasteiger partial charge in [-0.05, 0) is 37.3 Å². The van der Waals surface area contributed by atoms with Crippen molar-refractivity contribution in [2.45, 2.75) is 13.5 Å². The number of nitrogens with zero attached hydrogens (tertiary/aromatic N) is 2. The van der Waals surface area contributed by atoms with Crippen LogP contribution in [0.5, 0.6) is 5.88 Å². The standard InChI is InChI=1S/C23H18FN3O3/c1-15-20(22(27-30-15)16-5-3-2-4-6-16)14-29-21-12-7-17(13-25-21)23(28)26-19-10-8-18(24)9-11-19/h2-13H,14H2,1H3,(H,26,28). The van der Waals surface area contributed by atoms with Crippen LogP contribution in [0, 0.1) is 12.7 Å². The van der Waals surface area contributed by atoms with E-state index in [1.54, 1.807) is 12.1 Å². The summed E-state index contributed by atoms with van der Waals surface area (Å²) in [6, 6.07) is 18.5. The fourth-order valence-electron chi connectivity index (χ4n) is 2.87. The molecule has 0 bridgehead atoms. The van der Waals surface area contributed by atoms with Crippen LogP contribution in [-0.4, -0.2) is 16.0 Å². The van der Waals surface area contributed by atoms with Crippen molar-refractivity contribution < 1.29 is 18.4 Å². The van der Waals surface area contributed by atoms with Gasteiger partial charge in [-0.25, -0.2) is 9.37 Å². The lowest BCUT2D eigenvalue weighted by atomic mass is 10.1. The van der Waals surface area contributed by atoms with Crippen LogP contribution < -0.4 is 10.1 Å². The molecule has 6 nitrogen and oxygen atoms in total. The highest BCUT2D eigenvalue weighted by atomic mass is 19.1. The molecule has 2 heterocycles. The van der Waals surface area contributed by atoms with E-state index in [0.717, 1.165) is 16.8 Å². The predicted octanol–water partition coefficient (Wildman–Crippen LogP) is 5.02. The predicted molar refractivity (Wildman–Crippen MR) is 110 cm³/mol. The SMILES string of the molecule is Cc1onc(-c2ccccc2)c1COc1ccc(C(=O)Nc2ccc(F)cc2)cn1. The molecule has 0 aliphatic carbocycles. The third-order valence-corrected chi connectivity index (χ3v) is 4.50. The van der Waals surface area contributed by atoms with Gasteiger partial charge in [0.2, 0.25) is 5.88 Å². The molecule has 30 heavy (non-hydrogen) atoms. The van der Waals surface area contributed by atoms with E-state index in [2.05, 4.69) is 15.5 Å². The van der Waals surface area contributed by atoms with Crippen LogP contribution in [0.2, 0.25) is 0 Å². The third kappa shape index (κ3) is 4.35. The van der Waals surface area contributed by atoms with E-state index < -0.39 is 0 Å². The van der Waals surface area contributed by atoms with Crippen LogP contribution >= 0.6 is 0 Å². The second-order valence-electron chi connectivity index (χ2n) is 6.57. The quantitative estimate of drug-likeness (QED) is 0.489. The minimum atomic E-state index is -0.366. The number of carbonyl (C=O) groups excluding carboxylic acids is 1. The van der Waals surface area contributed by atoms with Crippen molar-refractivity contribution in [2.24, 2.45) is 0 Å². The molecule has 150 valence electrons. The molecular formula is C23H18FN3O3. The van der Waals surface area contributed by atoms with Crippen molar-refractivity contribution in [1.82, 2.24) is 10.1 Å². The summed E-state index contributed by atoms with van der Waals surface area (Å²) in [4.78, 5) is 16.5. The maximum Gasteiger partial charge on any atom is 0.257 e. The molecule has 4 rings (SSSR count). The van der Waals surface area contributed by atoms with Gasteiger partial charge in [-0.2, -0.15) is 0 Å². The number of ether oxygens (including phenoxy) is 1. The zero-order chi connectivity index (χ0) is 20.9. The number of hydrogen-bond acceptors (Lipinski definition) is 5. The smallest absolute Gasteiger partial charge is 0.257 e. The Labute approximate surface area is 172 Å². The first-order valence-electron chi connectivity index (χ1n) is 9.26. The van der Waals surface area contributed by atoms with Crippen molar-refractivity contribution >= 4 is 11.6 Å². The monoisotopic (exact) mass is 403 g/mol. The van der Waals surface area contributed by atoms with Crippen LogP contribution in [0.1, 0.15) is 21.7 Å². The Bertz CT molecular complexity index is 1140. The summed E-state index contributed by atoms with van der Waals surface area (Å²) in [5, 5.41) is 6.81. The Morgan fingerprint density at radius 2 is 1.83 bits per heavy atom. The maximum atomic E-state index is 13.0. The number of anilines is 1. The highest BCUT2D eigenvalue weighted by molar-refractivity contribution is 6.04. The summed E-state index contributed by atoms with van der Waals surface area (Å²) in [5.41, 5.74) is 3.36. The zero-order valence-electron chi connectivity index (χ0n) is 16.1. The van der Waals surface area contributed by atoms with Crippen LogP contribution in [-0.2, 0) is 6.61 Å². The molecule has 2 aromatic carbocycles. The summed E-state index contributed by atoms with van der Waals surface area (Å²) >= 11 is 0.